The fraction of sp³-hybridized carbons (Fsp3) is 0.278. The number of benzene rings is 1. The molecule has 1 atom stereocenters. The monoisotopic (exact) mass is 279 g/mol. The van der Waals surface area contributed by atoms with Crippen molar-refractivity contribution in [3.8, 4) is 0 Å². The van der Waals surface area contributed by atoms with Gasteiger partial charge in [0.25, 0.3) is 0 Å². The Bertz CT molecular complexity index is 655. The zero-order valence-electron chi connectivity index (χ0n) is 12.4. The first-order chi connectivity index (χ1) is 10.4. The molecule has 1 aromatic carbocycles. The van der Waals surface area contributed by atoms with Crippen LogP contribution in [-0.4, -0.2) is 9.38 Å². The number of nitrogens with zero attached hydrogens (tertiary/aromatic N) is 2. The summed E-state index contributed by atoms with van der Waals surface area (Å²) in [5, 5.41) is 3.64. The van der Waals surface area contributed by atoms with Crippen molar-refractivity contribution in [2.75, 3.05) is 0 Å². The van der Waals surface area contributed by atoms with E-state index in [1.165, 1.54) is 5.56 Å². The van der Waals surface area contributed by atoms with E-state index in [-0.39, 0.29) is 0 Å². The molecular weight excluding hydrogens is 258 g/mol. The molecule has 0 saturated carbocycles. The summed E-state index contributed by atoms with van der Waals surface area (Å²) in [6.07, 6.45) is 6.43. The first-order valence-corrected chi connectivity index (χ1v) is 7.58. The quantitative estimate of drug-likeness (QED) is 0.740. The zero-order valence-corrected chi connectivity index (χ0v) is 12.4. The highest BCUT2D eigenvalue weighted by atomic mass is 15.0. The summed E-state index contributed by atoms with van der Waals surface area (Å²) in [5.41, 5.74) is 3.43. The molecule has 2 heterocycles. The molecule has 1 N–H and O–H groups in total. The van der Waals surface area contributed by atoms with Crippen LogP contribution in [-0.2, 0) is 6.54 Å². The summed E-state index contributed by atoms with van der Waals surface area (Å²) >= 11 is 0. The molecule has 0 aliphatic carbocycles. The summed E-state index contributed by atoms with van der Waals surface area (Å²) in [5.74, 6) is 0. The lowest BCUT2D eigenvalue weighted by Crippen LogP contribution is -2.21. The highest BCUT2D eigenvalue weighted by molar-refractivity contribution is 5.39. The van der Waals surface area contributed by atoms with Crippen molar-refractivity contribution in [2.24, 2.45) is 0 Å². The third kappa shape index (κ3) is 3.31. The highest BCUT2D eigenvalue weighted by Crippen LogP contribution is 2.18. The highest BCUT2D eigenvalue weighted by Gasteiger charge is 2.10. The van der Waals surface area contributed by atoms with E-state index in [1.54, 1.807) is 0 Å². The molecule has 21 heavy (non-hydrogen) atoms. The normalized spacial score (nSPS) is 12.6. The lowest BCUT2D eigenvalue weighted by atomic mass is 10.0. The zero-order chi connectivity index (χ0) is 14.5. The molecule has 108 valence electrons. The molecule has 0 saturated heterocycles. The molecule has 0 radical (unpaired) electrons. The molecule has 3 heteroatoms. The maximum absolute atomic E-state index is 4.64. The van der Waals surface area contributed by atoms with Gasteiger partial charge in [-0.15, -0.1) is 0 Å². The van der Waals surface area contributed by atoms with Gasteiger partial charge in [-0.1, -0.05) is 49.7 Å². The molecule has 0 spiro atoms. The molecule has 3 aromatic rings. The van der Waals surface area contributed by atoms with Crippen molar-refractivity contribution in [1.82, 2.24) is 14.7 Å². The predicted octanol–water partition coefficient (Wildman–Crippen LogP) is 3.97. The van der Waals surface area contributed by atoms with Crippen molar-refractivity contribution >= 4 is 5.65 Å². The van der Waals surface area contributed by atoms with Crippen LogP contribution in [0.4, 0.5) is 0 Å². The fourth-order valence-electron chi connectivity index (χ4n) is 2.66. The van der Waals surface area contributed by atoms with Crippen LogP contribution >= 0.6 is 0 Å². The van der Waals surface area contributed by atoms with Crippen LogP contribution in [0.5, 0.6) is 0 Å². The van der Waals surface area contributed by atoms with Crippen LogP contribution in [0.15, 0.2) is 60.9 Å². The largest absolute Gasteiger partial charge is 0.307 e. The lowest BCUT2D eigenvalue weighted by molar-refractivity contribution is 0.490. The van der Waals surface area contributed by atoms with Crippen molar-refractivity contribution in [3.63, 3.8) is 0 Å². The van der Waals surface area contributed by atoms with Crippen molar-refractivity contribution in [1.29, 1.82) is 0 Å². The summed E-state index contributed by atoms with van der Waals surface area (Å²) in [6, 6.07) is 17.1. The van der Waals surface area contributed by atoms with Crippen LogP contribution < -0.4 is 5.32 Å². The van der Waals surface area contributed by atoms with Gasteiger partial charge in [-0.3, -0.25) is 0 Å². The summed E-state index contributed by atoms with van der Waals surface area (Å²) in [7, 11) is 0. The molecular formula is C18H21N3. The van der Waals surface area contributed by atoms with Gasteiger partial charge in [0.2, 0.25) is 0 Å². The minimum absolute atomic E-state index is 0.390. The van der Waals surface area contributed by atoms with E-state index in [1.807, 2.05) is 24.4 Å². The molecule has 2 aromatic heterocycles. The van der Waals surface area contributed by atoms with Crippen LogP contribution in [0, 0.1) is 0 Å². The number of pyridine rings is 1. The van der Waals surface area contributed by atoms with Gasteiger partial charge in [0, 0.05) is 25.0 Å². The minimum Gasteiger partial charge on any atom is -0.307 e. The molecule has 0 bridgehead atoms. The lowest BCUT2D eigenvalue weighted by Gasteiger charge is -2.17. The second-order valence-electron chi connectivity index (χ2n) is 5.33. The van der Waals surface area contributed by atoms with E-state index in [0.717, 1.165) is 30.7 Å². The Morgan fingerprint density at radius 1 is 1.10 bits per heavy atom. The second-order valence-corrected chi connectivity index (χ2v) is 5.33. The van der Waals surface area contributed by atoms with Gasteiger partial charge in [-0.2, -0.15) is 0 Å². The molecule has 3 nitrogen and oxygen atoms in total. The van der Waals surface area contributed by atoms with Crippen molar-refractivity contribution < 1.29 is 0 Å². The van der Waals surface area contributed by atoms with Crippen LogP contribution in [0.3, 0.4) is 0 Å². The Morgan fingerprint density at radius 3 is 2.67 bits per heavy atom. The average molecular weight is 279 g/mol. The Morgan fingerprint density at radius 2 is 1.90 bits per heavy atom. The third-order valence-corrected chi connectivity index (χ3v) is 3.72. The fourth-order valence-corrected chi connectivity index (χ4v) is 2.66. The van der Waals surface area contributed by atoms with E-state index >= 15 is 0 Å². The van der Waals surface area contributed by atoms with Gasteiger partial charge in [0.05, 0.1) is 5.69 Å². The van der Waals surface area contributed by atoms with Crippen molar-refractivity contribution in [3.05, 3.63) is 72.2 Å². The van der Waals surface area contributed by atoms with E-state index in [9.17, 15) is 0 Å². The Labute approximate surface area is 125 Å². The molecule has 0 fully saturated rings. The summed E-state index contributed by atoms with van der Waals surface area (Å²) < 4.78 is 2.06. The standard InChI is InChI=1S/C18H21N3/c1-2-8-17(15-9-4-3-5-10-15)19-13-16-14-21-12-7-6-11-18(21)20-16/h3-7,9-12,14,17,19H,2,8,13H2,1H3. The minimum atomic E-state index is 0.390. The molecule has 0 amide bonds. The van der Waals surface area contributed by atoms with Crippen LogP contribution in [0.1, 0.15) is 37.1 Å². The number of nitrogens with one attached hydrogen (secondary N) is 1. The maximum Gasteiger partial charge on any atom is 0.137 e. The van der Waals surface area contributed by atoms with Crippen LogP contribution in [0.25, 0.3) is 5.65 Å². The van der Waals surface area contributed by atoms with E-state index in [4.69, 9.17) is 0 Å². The topological polar surface area (TPSA) is 29.3 Å². The number of imidazole rings is 1. The van der Waals surface area contributed by atoms with E-state index in [2.05, 4.69) is 58.2 Å². The van der Waals surface area contributed by atoms with E-state index < -0.39 is 0 Å². The SMILES string of the molecule is CCCC(NCc1cn2ccccc2n1)c1ccccc1. The Kier molecular flexibility index (Phi) is 4.31. The van der Waals surface area contributed by atoms with Gasteiger partial charge in [0.15, 0.2) is 0 Å². The van der Waals surface area contributed by atoms with Gasteiger partial charge in [-0.05, 0) is 24.1 Å². The molecule has 1 unspecified atom stereocenters. The molecule has 0 aliphatic heterocycles. The maximum atomic E-state index is 4.64. The molecule has 0 aliphatic rings. The number of fused-ring (bicyclic) bond motifs is 1. The van der Waals surface area contributed by atoms with Crippen LogP contribution in [0.2, 0.25) is 0 Å². The van der Waals surface area contributed by atoms with Gasteiger partial charge in [-0.25, -0.2) is 4.98 Å². The van der Waals surface area contributed by atoms with Crippen molar-refractivity contribution in [2.45, 2.75) is 32.4 Å². The van der Waals surface area contributed by atoms with E-state index in [0.29, 0.717) is 6.04 Å². The summed E-state index contributed by atoms with van der Waals surface area (Å²) in [6.45, 7) is 3.02. The second kappa shape index (κ2) is 6.55. The Balaban J connectivity index is 1.71. The van der Waals surface area contributed by atoms with Gasteiger partial charge < -0.3 is 9.72 Å². The number of hydrogen-bond donors (Lipinski definition) is 1. The van der Waals surface area contributed by atoms with Gasteiger partial charge in [0.1, 0.15) is 5.65 Å². The molecule has 3 rings (SSSR count). The summed E-state index contributed by atoms with van der Waals surface area (Å²) in [4.78, 5) is 4.64. The average Bonchev–Trinajstić information content (AvgIpc) is 2.95. The first kappa shape index (κ1) is 13.8. The van der Waals surface area contributed by atoms with Gasteiger partial charge >= 0.3 is 0 Å². The third-order valence-electron chi connectivity index (χ3n) is 3.72. The first-order valence-electron chi connectivity index (χ1n) is 7.58. The number of rotatable bonds is 6. The smallest absolute Gasteiger partial charge is 0.137 e. The predicted molar refractivity (Wildman–Crippen MR) is 86.1 cm³/mol. The Hall–Kier alpha value is -2.13. The number of aromatic nitrogens is 2. The number of hydrogen-bond acceptors (Lipinski definition) is 2.